The molecule has 0 spiro atoms. The lowest BCUT2D eigenvalue weighted by Gasteiger charge is -2.23. The van der Waals surface area contributed by atoms with E-state index in [0.29, 0.717) is 12.4 Å². The average Bonchev–Trinajstić information content (AvgIpc) is 2.27. The molecule has 1 aromatic heterocycles. The van der Waals surface area contributed by atoms with Crippen LogP contribution in [-0.4, -0.2) is 40.3 Å². The number of hydrogen-bond donors (Lipinski definition) is 2. The van der Waals surface area contributed by atoms with Crippen LogP contribution in [0.2, 0.25) is 0 Å². The number of anilines is 1. The molecule has 0 atom stereocenters. The van der Waals surface area contributed by atoms with E-state index < -0.39 is 5.97 Å². The molecule has 0 aromatic carbocycles. The summed E-state index contributed by atoms with van der Waals surface area (Å²) in [5, 5.41) is 11.7. The highest BCUT2D eigenvalue weighted by Gasteiger charge is 2.16. The van der Waals surface area contributed by atoms with Gasteiger partial charge in [0.2, 0.25) is 0 Å². The van der Waals surface area contributed by atoms with E-state index in [1.165, 1.54) is 12.4 Å². The second-order valence-corrected chi connectivity index (χ2v) is 3.91. The predicted octanol–water partition coefficient (Wildman–Crippen LogP) is 1.01. The van der Waals surface area contributed by atoms with Gasteiger partial charge < -0.3 is 15.2 Å². The Bertz CT molecular complexity index is 379. The van der Waals surface area contributed by atoms with Gasteiger partial charge >= 0.3 is 5.97 Å². The Morgan fingerprint density at radius 1 is 1.56 bits per heavy atom. The molecule has 0 aliphatic carbocycles. The molecule has 0 aliphatic heterocycles. The average molecular weight is 225 g/mol. The number of aromatic nitrogens is 2. The van der Waals surface area contributed by atoms with Crippen molar-refractivity contribution in [3.8, 4) is 0 Å². The lowest BCUT2D eigenvalue weighted by Crippen LogP contribution is -2.32. The molecule has 0 aliphatic rings. The maximum atomic E-state index is 10.7. The van der Waals surface area contributed by atoms with Crippen molar-refractivity contribution in [1.82, 2.24) is 9.97 Å². The van der Waals surface area contributed by atoms with Crippen molar-refractivity contribution < 1.29 is 14.6 Å². The molecule has 1 aromatic rings. The van der Waals surface area contributed by atoms with Gasteiger partial charge in [-0.1, -0.05) is 0 Å². The molecule has 0 radical (unpaired) electrons. The lowest BCUT2D eigenvalue weighted by atomic mass is 10.1. The number of ether oxygens (including phenoxy) is 1. The summed E-state index contributed by atoms with van der Waals surface area (Å²) >= 11 is 0. The maximum absolute atomic E-state index is 10.7. The second kappa shape index (κ2) is 4.89. The second-order valence-electron chi connectivity index (χ2n) is 3.91. The number of methoxy groups -OCH3 is 1. The van der Waals surface area contributed by atoms with E-state index in [9.17, 15) is 4.79 Å². The highest BCUT2D eigenvalue weighted by molar-refractivity contribution is 5.85. The van der Waals surface area contributed by atoms with Crippen molar-refractivity contribution in [3.05, 3.63) is 18.1 Å². The first-order valence-electron chi connectivity index (χ1n) is 4.79. The molecule has 0 saturated carbocycles. The number of carbonyl (C=O) groups is 1. The van der Waals surface area contributed by atoms with Gasteiger partial charge in [0, 0.05) is 19.7 Å². The molecule has 2 N–H and O–H groups in total. The Labute approximate surface area is 93.7 Å². The van der Waals surface area contributed by atoms with E-state index in [4.69, 9.17) is 9.84 Å². The Morgan fingerprint density at radius 3 is 2.81 bits per heavy atom. The van der Waals surface area contributed by atoms with Gasteiger partial charge in [-0.25, -0.2) is 14.8 Å². The van der Waals surface area contributed by atoms with Gasteiger partial charge in [-0.15, -0.1) is 0 Å². The first kappa shape index (κ1) is 12.4. The third-order valence-corrected chi connectivity index (χ3v) is 2.13. The SMILES string of the molecule is COC(C)(C)CNc1cc(C(=O)O)ncn1. The van der Waals surface area contributed by atoms with Crippen LogP contribution >= 0.6 is 0 Å². The topological polar surface area (TPSA) is 84.3 Å². The van der Waals surface area contributed by atoms with E-state index in [1.807, 2.05) is 13.8 Å². The summed E-state index contributed by atoms with van der Waals surface area (Å²) < 4.78 is 5.21. The minimum absolute atomic E-state index is 0.0345. The van der Waals surface area contributed by atoms with Gasteiger partial charge in [0.1, 0.15) is 12.1 Å². The smallest absolute Gasteiger partial charge is 0.354 e. The van der Waals surface area contributed by atoms with Gasteiger partial charge in [0.05, 0.1) is 5.60 Å². The highest BCUT2D eigenvalue weighted by atomic mass is 16.5. The Hall–Kier alpha value is -1.69. The maximum Gasteiger partial charge on any atom is 0.354 e. The first-order valence-corrected chi connectivity index (χ1v) is 4.79. The van der Waals surface area contributed by atoms with E-state index in [2.05, 4.69) is 15.3 Å². The largest absolute Gasteiger partial charge is 0.477 e. The van der Waals surface area contributed by atoms with Gasteiger partial charge in [0.15, 0.2) is 5.69 Å². The molecular formula is C10H15N3O3. The van der Waals surface area contributed by atoms with Crippen LogP contribution in [-0.2, 0) is 4.74 Å². The molecule has 1 rings (SSSR count). The molecule has 0 saturated heterocycles. The first-order chi connectivity index (χ1) is 7.44. The Balaban J connectivity index is 2.68. The molecular weight excluding hydrogens is 210 g/mol. The normalized spacial score (nSPS) is 11.2. The van der Waals surface area contributed by atoms with E-state index in [-0.39, 0.29) is 11.3 Å². The molecule has 0 unspecified atom stereocenters. The van der Waals surface area contributed by atoms with E-state index in [1.54, 1.807) is 7.11 Å². The molecule has 16 heavy (non-hydrogen) atoms. The number of carboxylic acid groups (broad SMARTS) is 1. The lowest BCUT2D eigenvalue weighted by molar-refractivity contribution is 0.0343. The number of hydrogen-bond acceptors (Lipinski definition) is 5. The van der Waals surface area contributed by atoms with E-state index in [0.717, 1.165) is 0 Å². The van der Waals surface area contributed by atoms with Crippen LogP contribution in [0.25, 0.3) is 0 Å². The zero-order valence-corrected chi connectivity index (χ0v) is 9.52. The van der Waals surface area contributed by atoms with Crippen LogP contribution in [0.4, 0.5) is 5.82 Å². The van der Waals surface area contributed by atoms with Gasteiger partial charge in [-0.3, -0.25) is 0 Å². The van der Waals surface area contributed by atoms with Crippen molar-refractivity contribution in [3.63, 3.8) is 0 Å². The van der Waals surface area contributed by atoms with Crippen molar-refractivity contribution >= 4 is 11.8 Å². The summed E-state index contributed by atoms with van der Waals surface area (Å²) in [7, 11) is 1.62. The van der Waals surface area contributed by atoms with Crippen LogP contribution in [0.15, 0.2) is 12.4 Å². The van der Waals surface area contributed by atoms with Crippen LogP contribution < -0.4 is 5.32 Å². The summed E-state index contributed by atoms with van der Waals surface area (Å²) in [5.74, 6) is -0.603. The van der Waals surface area contributed by atoms with Crippen molar-refractivity contribution in [2.75, 3.05) is 19.0 Å². The number of rotatable bonds is 5. The minimum Gasteiger partial charge on any atom is -0.477 e. The molecule has 88 valence electrons. The van der Waals surface area contributed by atoms with E-state index >= 15 is 0 Å². The Morgan fingerprint density at radius 2 is 2.25 bits per heavy atom. The summed E-state index contributed by atoms with van der Waals surface area (Å²) in [4.78, 5) is 18.2. The fourth-order valence-corrected chi connectivity index (χ4v) is 0.947. The van der Waals surface area contributed by atoms with Crippen molar-refractivity contribution in [2.24, 2.45) is 0 Å². The number of carboxylic acids is 1. The number of nitrogens with one attached hydrogen (secondary N) is 1. The molecule has 6 nitrogen and oxygen atoms in total. The molecule has 6 heteroatoms. The molecule has 0 bridgehead atoms. The molecule has 1 heterocycles. The van der Waals surface area contributed by atoms with Crippen LogP contribution in [0, 0.1) is 0 Å². The van der Waals surface area contributed by atoms with Gasteiger partial charge in [-0.05, 0) is 13.8 Å². The molecule has 0 fully saturated rings. The Kier molecular flexibility index (Phi) is 3.78. The minimum atomic E-state index is -1.07. The summed E-state index contributed by atoms with van der Waals surface area (Å²) in [5.41, 5.74) is -0.373. The zero-order valence-electron chi connectivity index (χ0n) is 9.52. The predicted molar refractivity (Wildman–Crippen MR) is 58.6 cm³/mol. The quantitative estimate of drug-likeness (QED) is 0.778. The number of nitrogens with zero attached hydrogens (tertiary/aromatic N) is 2. The number of aromatic carboxylic acids is 1. The third kappa shape index (κ3) is 3.47. The van der Waals surface area contributed by atoms with Crippen molar-refractivity contribution in [1.29, 1.82) is 0 Å². The fourth-order valence-electron chi connectivity index (χ4n) is 0.947. The van der Waals surface area contributed by atoms with Gasteiger partial charge in [-0.2, -0.15) is 0 Å². The summed E-state index contributed by atoms with van der Waals surface area (Å²) in [6, 6.07) is 1.38. The zero-order chi connectivity index (χ0) is 12.2. The monoisotopic (exact) mass is 225 g/mol. The highest BCUT2D eigenvalue weighted by Crippen LogP contribution is 2.10. The molecule has 0 amide bonds. The summed E-state index contributed by atoms with van der Waals surface area (Å²) in [6.07, 6.45) is 1.21. The van der Waals surface area contributed by atoms with Crippen LogP contribution in [0.1, 0.15) is 24.3 Å². The van der Waals surface area contributed by atoms with Gasteiger partial charge in [0.25, 0.3) is 0 Å². The van der Waals surface area contributed by atoms with Crippen LogP contribution in [0.5, 0.6) is 0 Å². The third-order valence-electron chi connectivity index (χ3n) is 2.13. The van der Waals surface area contributed by atoms with Crippen LogP contribution in [0.3, 0.4) is 0 Å². The standard InChI is InChI=1S/C10H15N3O3/c1-10(2,16-3)5-11-8-4-7(9(14)15)12-6-13-8/h4,6H,5H2,1-3H3,(H,14,15)(H,11,12,13). The van der Waals surface area contributed by atoms with Crippen molar-refractivity contribution in [2.45, 2.75) is 19.4 Å². The summed E-state index contributed by atoms with van der Waals surface area (Å²) in [6.45, 7) is 4.36. The fraction of sp³-hybridized carbons (Fsp3) is 0.500.